The molecule has 2 aliphatic heterocycles. The minimum absolute atomic E-state index is 0.174. The summed E-state index contributed by atoms with van der Waals surface area (Å²) in [7, 11) is 0. The lowest BCUT2D eigenvalue weighted by Crippen LogP contribution is -2.26. The van der Waals surface area contributed by atoms with E-state index in [1.54, 1.807) is 0 Å². The second kappa shape index (κ2) is 2.19. The van der Waals surface area contributed by atoms with E-state index in [9.17, 15) is 0 Å². The summed E-state index contributed by atoms with van der Waals surface area (Å²) in [4.78, 5) is 0. The molecule has 2 fully saturated rings. The molecule has 2 atom stereocenters. The standard InChI is InChI=1S/C7H12O3/c1-7-2-3-8-4-6(10-7)5-9-7/h6H,2-5H2,1H3. The highest BCUT2D eigenvalue weighted by molar-refractivity contribution is 4.77. The van der Waals surface area contributed by atoms with E-state index in [1.165, 1.54) is 0 Å². The lowest BCUT2D eigenvalue weighted by atomic mass is 10.2. The zero-order valence-electron chi connectivity index (χ0n) is 6.13. The van der Waals surface area contributed by atoms with Gasteiger partial charge in [-0.15, -0.1) is 0 Å². The zero-order valence-corrected chi connectivity index (χ0v) is 6.13. The van der Waals surface area contributed by atoms with Gasteiger partial charge in [-0.2, -0.15) is 0 Å². The summed E-state index contributed by atoms with van der Waals surface area (Å²) < 4.78 is 16.3. The van der Waals surface area contributed by atoms with Gasteiger partial charge >= 0.3 is 0 Å². The van der Waals surface area contributed by atoms with E-state index in [1.807, 2.05) is 6.92 Å². The van der Waals surface area contributed by atoms with Crippen LogP contribution >= 0.6 is 0 Å². The molecule has 2 unspecified atom stereocenters. The molecular formula is C7H12O3. The summed E-state index contributed by atoms with van der Waals surface area (Å²) in [6.07, 6.45) is 1.02. The van der Waals surface area contributed by atoms with Gasteiger partial charge in [0.1, 0.15) is 6.10 Å². The SMILES string of the molecule is CC12CCOCC(CO1)O2. The third-order valence-corrected chi connectivity index (χ3v) is 1.99. The first-order chi connectivity index (χ1) is 4.79. The van der Waals surface area contributed by atoms with E-state index in [4.69, 9.17) is 14.2 Å². The monoisotopic (exact) mass is 144 g/mol. The normalized spacial score (nSPS) is 47.1. The zero-order chi connectivity index (χ0) is 7.03. The van der Waals surface area contributed by atoms with Crippen LogP contribution in [0.3, 0.4) is 0 Å². The van der Waals surface area contributed by atoms with Crippen molar-refractivity contribution in [2.24, 2.45) is 0 Å². The van der Waals surface area contributed by atoms with Gasteiger partial charge in [0.25, 0.3) is 0 Å². The molecule has 58 valence electrons. The molecule has 2 saturated heterocycles. The van der Waals surface area contributed by atoms with Gasteiger partial charge in [0, 0.05) is 6.42 Å². The smallest absolute Gasteiger partial charge is 0.168 e. The van der Waals surface area contributed by atoms with Crippen LogP contribution in [0.1, 0.15) is 13.3 Å². The van der Waals surface area contributed by atoms with Gasteiger partial charge in [-0.3, -0.25) is 0 Å². The van der Waals surface area contributed by atoms with Crippen LogP contribution in [-0.4, -0.2) is 31.7 Å². The molecule has 3 nitrogen and oxygen atoms in total. The first kappa shape index (κ1) is 6.58. The molecule has 0 amide bonds. The molecule has 0 N–H and O–H groups in total. The first-order valence-corrected chi connectivity index (χ1v) is 3.68. The molecule has 0 aromatic carbocycles. The Balaban J connectivity index is 2.09. The van der Waals surface area contributed by atoms with Crippen molar-refractivity contribution in [3.05, 3.63) is 0 Å². The molecule has 2 aliphatic rings. The average Bonchev–Trinajstić information content (AvgIpc) is 2.11. The van der Waals surface area contributed by atoms with Crippen molar-refractivity contribution in [2.75, 3.05) is 19.8 Å². The van der Waals surface area contributed by atoms with Crippen molar-refractivity contribution in [1.82, 2.24) is 0 Å². The van der Waals surface area contributed by atoms with Crippen LogP contribution in [0.15, 0.2) is 0 Å². The Morgan fingerprint density at radius 2 is 2.30 bits per heavy atom. The molecule has 2 heterocycles. The lowest BCUT2D eigenvalue weighted by molar-refractivity contribution is -0.151. The summed E-state index contributed by atoms with van der Waals surface area (Å²) >= 11 is 0. The van der Waals surface area contributed by atoms with Crippen LogP contribution in [0.25, 0.3) is 0 Å². The van der Waals surface area contributed by atoms with Gasteiger partial charge in [0.2, 0.25) is 0 Å². The van der Waals surface area contributed by atoms with Gasteiger partial charge in [0.15, 0.2) is 5.79 Å². The van der Waals surface area contributed by atoms with Crippen LogP contribution in [0.2, 0.25) is 0 Å². The maximum absolute atomic E-state index is 5.56. The minimum Gasteiger partial charge on any atom is -0.378 e. The Morgan fingerprint density at radius 3 is 3.20 bits per heavy atom. The van der Waals surface area contributed by atoms with Gasteiger partial charge in [-0.1, -0.05) is 0 Å². The highest BCUT2D eigenvalue weighted by atomic mass is 16.8. The Kier molecular flexibility index (Phi) is 1.44. The Morgan fingerprint density at radius 1 is 1.40 bits per heavy atom. The third-order valence-electron chi connectivity index (χ3n) is 1.99. The molecular weight excluding hydrogens is 132 g/mol. The summed E-state index contributed by atoms with van der Waals surface area (Å²) in [5.74, 6) is -0.346. The van der Waals surface area contributed by atoms with E-state index in [0.29, 0.717) is 13.2 Å². The largest absolute Gasteiger partial charge is 0.378 e. The van der Waals surface area contributed by atoms with Gasteiger partial charge in [-0.05, 0) is 6.92 Å². The van der Waals surface area contributed by atoms with Crippen LogP contribution in [-0.2, 0) is 14.2 Å². The fraction of sp³-hybridized carbons (Fsp3) is 1.00. The van der Waals surface area contributed by atoms with Gasteiger partial charge in [0.05, 0.1) is 19.8 Å². The molecule has 0 saturated carbocycles. The van der Waals surface area contributed by atoms with Gasteiger partial charge in [-0.25, -0.2) is 0 Å². The van der Waals surface area contributed by atoms with Crippen molar-refractivity contribution in [3.63, 3.8) is 0 Å². The number of hydrogen-bond donors (Lipinski definition) is 0. The molecule has 2 rings (SSSR count). The van der Waals surface area contributed by atoms with Crippen LogP contribution in [0, 0.1) is 0 Å². The topological polar surface area (TPSA) is 27.7 Å². The van der Waals surface area contributed by atoms with E-state index in [-0.39, 0.29) is 11.9 Å². The molecule has 0 aromatic rings. The van der Waals surface area contributed by atoms with E-state index in [0.717, 1.165) is 13.0 Å². The van der Waals surface area contributed by atoms with Crippen molar-refractivity contribution >= 4 is 0 Å². The quantitative estimate of drug-likeness (QED) is 0.496. The first-order valence-electron chi connectivity index (χ1n) is 3.68. The molecule has 0 spiro atoms. The lowest BCUT2D eigenvalue weighted by Gasteiger charge is -2.19. The molecule has 0 aromatic heterocycles. The third kappa shape index (κ3) is 1.05. The average molecular weight is 144 g/mol. The fourth-order valence-electron chi connectivity index (χ4n) is 1.38. The molecule has 3 heteroatoms. The maximum atomic E-state index is 5.56. The van der Waals surface area contributed by atoms with E-state index in [2.05, 4.69) is 0 Å². The van der Waals surface area contributed by atoms with E-state index >= 15 is 0 Å². The van der Waals surface area contributed by atoms with Crippen molar-refractivity contribution in [1.29, 1.82) is 0 Å². The highest BCUT2D eigenvalue weighted by Gasteiger charge is 2.38. The van der Waals surface area contributed by atoms with Crippen molar-refractivity contribution in [3.8, 4) is 0 Å². The number of hydrogen-bond acceptors (Lipinski definition) is 3. The number of ether oxygens (including phenoxy) is 3. The predicted molar refractivity (Wildman–Crippen MR) is 34.7 cm³/mol. The Hall–Kier alpha value is -0.120. The number of rotatable bonds is 0. The second-order valence-corrected chi connectivity index (χ2v) is 3.01. The maximum Gasteiger partial charge on any atom is 0.168 e. The van der Waals surface area contributed by atoms with Crippen molar-refractivity contribution < 1.29 is 14.2 Å². The highest BCUT2D eigenvalue weighted by Crippen LogP contribution is 2.28. The second-order valence-electron chi connectivity index (χ2n) is 3.01. The van der Waals surface area contributed by atoms with Crippen molar-refractivity contribution in [2.45, 2.75) is 25.2 Å². The summed E-state index contributed by atoms with van der Waals surface area (Å²) in [6.45, 7) is 4.11. The summed E-state index contributed by atoms with van der Waals surface area (Å²) in [5, 5.41) is 0. The number of fused-ring (bicyclic) bond motifs is 2. The summed E-state index contributed by atoms with van der Waals surface area (Å²) in [6, 6.07) is 0. The predicted octanol–water partition coefficient (Wildman–Crippen LogP) is 0.538. The van der Waals surface area contributed by atoms with Crippen LogP contribution in [0.5, 0.6) is 0 Å². The Labute approximate surface area is 60.3 Å². The fourth-order valence-corrected chi connectivity index (χ4v) is 1.38. The van der Waals surface area contributed by atoms with Crippen LogP contribution in [0.4, 0.5) is 0 Å². The molecule has 0 aliphatic carbocycles. The van der Waals surface area contributed by atoms with Crippen LogP contribution < -0.4 is 0 Å². The summed E-state index contributed by atoms with van der Waals surface area (Å²) in [5.41, 5.74) is 0. The van der Waals surface area contributed by atoms with E-state index < -0.39 is 0 Å². The molecule has 2 bridgehead atoms. The molecule has 0 radical (unpaired) electrons. The van der Waals surface area contributed by atoms with Gasteiger partial charge < -0.3 is 14.2 Å². The Bertz CT molecular complexity index is 135. The minimum atomic E-state index is -0.346. The molecule has 10 heavy (non-hydrogen) atoms.